The van der Waals surface area contributed by atoms with E-state index in [2.05, 4.69) is 70.0 Å². The Balaban J connectivity index is 1.75. The monoisotopic (exact) mass is 350 g/mol. The Kier molecular flexibility index (Phi) is 5.30. The van der Waals surface area contributed by atoms with Crippen LogP contribution in [0.1, 0.15) is 37.7 Å². The van der Waals surface area contributed by atoms with Gasteiger partial charge < -0.3 is 4.90 Å². The fourth-order valence-corrected chi connectivity index (χ4v) is 2.88. The van der Waals surface area contributed by atoms with Crippen molar-refractivity contribution >= 4 is 5.82 Å². The third-order valence-electron chi connectivity index (χ3n) is 3.96. The van der Waals surface area contributed by atoms with Crippen molar-refractivity contribution in [1.82, 2.24) is 24.7 Å². The van der Waals surface area contributed by atoms with Gasteiger partial charge in [-0.1, -0.05) is 45.0 Å². The zero-order chi connectivity index (χ0) is 18.6. The average Bonchev–Trinajstić information content (AvgIpc) is 3.08. The van der Waals surface area contributed by atoms with Crippen LogP contribution in [0.25, 0.3) is 0 Å². The van der Waals surface area contributed by atoms with Crippen LogP contribution in [-0.2, 0) is 13.1 Å². The summed E-state index contributed by atoms with van der Waals surface area (Å²) in [6.45, 7) is 11.1. The van der Waals surface area contributed by atoms with E-state index in [1.54, 1.807) is 12.7 Å². The SMILES string of the molecule is Cc1nccc(N(Cc2ccc(Cn3cncn3)cc2)CC(C)(C)C)n1. The first kappa shape index (κ1) is 18.0. The summed E-state index contributed by atoms with van der Waals surface area (Å²) >= 11 is 0. The van der Waals surface area contributed by atoms with E-state index in [9.17, 15) is 0 Å². The molecule has 0 saturated heterocycles. The molecule has 6 heteroatoms. The van der Waals surface area contributed by atoms with Crippen molar-refractivity contribution in [3.63, 3.8) is 0 Å². The largest absolute Gasteiger partial charge is 0.352 e. The third-order valence-corrected chi connectivity index (χ3v) is 3.96. The molecule has 0 N–H and O–H groups in total. The first-order valence-corrected chi connectivity index (χ1v) is 8.84. The Bertz CT molecular complexity index is 818. The predicted molar refractivity (Wildman–Crippen MR) is 103 cm³/mol. The molecule has 0 spiro atoms. The van der Waals surface area contributed by atoms with E-state index < -0.39 is 0 Å². The zero-order valence-corrected chi connectivity index (χ0v) is 15.9. The minimum atomic E-state index is 0.173. The number of hydrogen-bond acceptors (Lipinski definition) is 5. The lowest BCUT2D eigenvalue weighted by molar-refractivity contribution is 0.407. The molecule has 0 atom stereocenters. The van der Waals surface area contributed by atoms with E-state index in [4.69, 9.17) is 0 Å². The van der Waals surface area contributed by atoms with E-state index in [0.717, 1.165) is 31.3 Å². The molecule has 0 aliphatic rings. The standard InChI is InChI=1S/C20H26N6/c1-16-22-10-9-19(24-16)25(13-20(2,3)4)11-17-5-7-18(8-6-17)12-26-15-21-14-23-26/h5-10,14-15H,11-13H2,1-4H3. The molecule has 0 aliphatic carbocycles. The molecule has 3 aromatic rings. The number of hydrogen-bond donors (Lipinski definition) is 0. The van der Waals surface area contributed by atoms with Crippen molar-refractivity contribution in [2.24, 2.45) is 5.41 Å². The molecule has 3 rings (SSSR count). The minimum absolute atomic E-state index is 0.173. The summed E-state index contributed by atoms with van der Waals surface area (Å²) in [7, 11) is 0. The first-order valence-electron chi connectivity index (χ1n) is 8.84. The van der Waals surface area contributed by atoms with Crippen molar-refractivity contribution < 1.29 is 0 Å². The van der Waals surface area contributed by atoms with Crippen LogP contribution in [0.2, 0.25) is 0 Å². The lowest BCUT2D eigenvalue weighted by Gasteiger charge is -2.31. The topological polar surface area (TPSA) is 59.7 Å². The molecule has 2 heterocycles. The summed E-state index contributed by atoms with van der Waals surface area (Å²) in [6, 6.07) is 10.6. The van der Waals surface area contributed by atoms with Crippen LogP contribution < -0.4 is 4.90 Å². The predicted octanol–water partition coefficient (Wildman–Crippen LogP) is 3.48. The van der Waals surface area contributed by atoms with Gasteiger partial charge >= 0.3 is 0 Å². The average molecular weight is 350 g/mol. The fourth-order valence-electron chi connectivity index (χ4n) is 2.88. The van der Waals surface area contributed by atoms with E-state index in [1.165, 1.54) is 11.1 Å². The van der Waals surface area contributed by atoms with Crippen molar-refractivity contribution in [3.8, 4) is 0 Å². The summed E-state index contributed by atoms with van der Waals surface area (Å²) in [6.07, 6.45) is 5.12. The molecule has 26 heavy (non-hydrogen) atoms. The second-order valence-electron chi connectivity index (χ2n) is 7.79. The number of rotatable bonds is 6. The molecule has 0 radical (unpaired) electrons. The van der Waals surface area contributed by atoms with Gasteiger partial charge in [0.2, 0.25) is 0 Å². The maximum absolute atomic E-state index is 4.62. The normalized spacial score (nSPS) is 11.5. The van der Waals surface area contributed by atoms with Gasteiger partial charge in [-0.3, -0.25) is 0 Å². The van der Waals surface area contributed by atoms with Crippen LogP contribution >= 0.6 is 0 Å². The van der Waals surface area contributed by atoms with Gasteiger partial charge in [0.05, 0.1) is 6.54 Å². The number of aromatic nitrogens is 5. The highest BCUT2D eigenvalue weighted by molar-refractivity contribution is 5.39. The summed E-state index contributed by atoms with van der Waals surface area (Å²) in [4.78, 5) is 15.1. The van der Waals surface area contributed by atoms with Crippen molar-refractivity contribution in [1.29, 1.82) is 0 Å². The molecule has 6 nitrogen and oxygen atoms in total. The minimum Gasteiger partial charge on any atom is -0.352 e. The summed E-state index contributed by atoms with van der Waals surface area (Å²) in [5, 5.41) is 4.15. The Morgan fingerprint density at radius 3 is 2.38 bits per heavy atom. The van der Waals surface area contributed by atoms with Gasteiger partial charge in [0.25, 0.3) is 0 Å². The molecule has 0 aliphatic heterocycles. The molecule has 0 amide bonds. The second-order valence-corrected chi connectivity index (χ2v) is 7.79. The number of aryl methyl sites for hydroxylation is 1. The molecular formula is C20H26N6. The fraction of sp³-hybridized carbons (Fsp3) is 0.400. The Labute approximate surface area is 154 Å². The van der Waals surface area contributed by atoms with E-state index >= 15 is 0 Å². The number of anilines is 1. The van der Waals surface area contributed by atoms with Gasteiger partial charge in [0.1, 0.15) is 24.3 Å². The van der Waals surface area contributed by atoms with Crippen molar-refractivity contribution in [2.75, 3.05) is 11.4 Å². The smallest absolute Gasteiger partial charge is 0.137 e. The molecule has 0 bridgehead atoms. The van der Waals surface area contributed by atoms with E-state index in [1.807, 2.05) is 23.9 Å². The lowest BCUT2D eigenvalue weighted by Crippen LogP contribution is -2.33. The molecular weight excluding hydrogens is 324 g/mol. The van der Waals surface area contributed by atoms with E-state index in [-0.39, 0.29) is 5.41 Å². The molecule has 1 aromatic carbocycles. The summed E-state index contributed by atoms with van der Waals surface area (Å²) in [5.41, 5.74) is 2.64. The van der Waals surface area contributed by atoms with Crippen molar-refractivity contribution in [2.45, 2.75) is 40.8 Å². The van der Waals surface area contributed by atoms with Crippen LogP contribution in [0, 0.1) is 12.3 Å². The van der Waals surface area contributed by atoms with Crippen LogP contribution in [0.4, 0.5) is 5.82 Å². The highest BCUT2D eigenvalue weighted by atomic mass is 15.3. The number of benzene rings is 1. The molecule has 0 saturated carbocycles. The Morgan fingerprint density at radius 1 is 1.04 bits per heavy atom. The van der Waals surface area contributed by atoms with Gasteiger partial charge in [0, 0.05) is 19.3 Å². The van der Waals surface area contributed by atoms with Crippen LogP contribution in [0.15, 0.2) is 49.2 Å². The summed E-state index contributed by atoms with van der Waals surface area (Å²) < 4.78 is 1.82. The Morgan fingerprint density at radius 2 is 1.77 bits per heavy atom. The molecule has 0 fully saturated rings. The highest BCUT2D eigenvalue weighted by Crippen LogP contribution is 2.22. The number of nitrogens with zero attached hydrogens (tertiary/aromatic N) is 6. The van der Waals surface area contributed by atoms with Gasteiger partial charge in [-0.25, -0.2) is 19.6 Å². The lowest BCUT2D eigenvalue weighted by atomic mass is 9.95. The van der Waals surface area contributed by atoms with Crippen LogP contribution in [0.3, 0.4) is 0 Å². The van der Waals surface area contributed by atoms with E-state index in [0.29, 0.717) is 0 Å². The zero-order valence-electron chi connectivity index (χ0n) is 15.9. The Hall–Kier alpha value is -2.76. The maximum Gasteiger partial charge on any atom is 0.137 e. The summed E-state index contributed by atoms with van der Waals surface area (Å²) in [5.74, 6) is 1.77. The van der Waals surface area contributed by atoms with Gasteiger partial charge in [-0.15, -0.1) is 0 Å². The van der Waals surface area contributed by atoms with Crippen LogP contribution in [-0.4, -0.2) is 31.3 Å². The molecule has 2 aromatic heterocycles. The van der Waals surface area contributed by atoms with Gasteiger partial charge in [-0.2, -0.15) is 5.10 Å². The second kappa shape index (κ2) is 7.64. The molecule has 0 unspecified atom stereocenters. The van der Waals surface area contributed by atoms with Gasteiger partial charge in [0.15, 0.2) is 0 Å². The maximum atomic E-state index is 4.62. The highest BCUT2D eigenvalue weighted by Gasteiger charge is 2.18. The molecule has 136 valence electrons. The first-order chi connectivity index (χ1) is 12.4. The van der Waals surface area contributed by atoms with Crippen molar-refractivity contribution in [3.05, 3.63) is 66.1 Å². The quantitative estimate of drug-likeness (QED) is 0.681. The van der Waals surface area contributed by atoms with Gasteiger partial charge in [-0.05, 0) is 29.5 Å². The van der Waals surface area contributed by atoms with Crippen LogP contribution in [0.5, 0.6) is 0 Å². The third kappa shape index (κ3) is 5.12.